The van der Waals surface area contributed by atoms with Crippen LogP contribution >= 0.6 is 0 Å². The van der Waals surface area contributed by atoms with E-state index in [1.54, 1.807) is 13.4 Å². The summed E-state index contributed by atoms with van der Waals surface area (Å²) < 4.78 is 10.5. The number of methoxy groups -OCH3 is 1. The maximum atomic E-state index is 12.2. The van der Waals surface area contributed by atoms with E-state index in [9.17, 15) is 4.79 Å². The van der Waals surface area contributed by atoms with E-state index in [4.69, 9.17) is 14.1 Å². The molecule has 3 rings (SSSR count). The molecule has 3 aromatic rings. The van der Waals surface area contributed by atoms with Gasteiger partial charge in [-0.15, -0.1) is 0 Å². The van der Waals surface area contributed by atoms with Crippen LogP contribution in [0.15, 0.2) is 47.1 Å². The maximum absolute atomic E-state index is 12.2. The van der Waals surface area contributed by atoms with E-state index >= 15 is 0 Å². The SMILES string of the molecule is COCCNC(=O)CCN(CC(C)C)c1nc(-c2ccco2)nc2ccccc12. The first-order valence-corrected chi connectivity index (χ1v) is 9.89. The van der Waals surface area contributed by atoms with Crippen LogP contribution in [0, 0.1) is 5.92 Å². The molecular formula is C22H28N4O3. The van der Waals surface area contributed by atoms with Gasteiger partial charge in [-0.1, -0.05) is 26.0 Å². The summed E-state index contributed by atoms with van der Waals surface area (Å²) in [4.78, 5) is 23.9. The normalized spacial score (nSPS) is 11.2. The van der Waals surface area contributed by atoms with Crippen molar-refractivity contribution in [3.05, 3.63) is 42.7 Å². The minimum absolute atomic E-state index is 0.000394. The molecule has 0 saturated carbocycles. The first-order valence-electron chi connectivity index (χ1n) is 9.89. The lowest BCUT2D eigenvalue weighted by Crippen LogP contribution is -2.34. The number of rotatable bonds is 10. The fourth-order valence-electron chi connectivity index (χ4n) is 3.16. The average Bonchev–Trinajstić information content (AvgIpc) is 3.25. The monoisotopic (exact) mass is 396 g/mol. The topological polar surface area (TPSA) is 80.5 Å². The molecule has 0 aliphatic carbocycles. The van der Waals surface area contributed by atoms with Gasteiger partial charge in [-0.25, -0.2) is 9.97 Å². The van der Waals surface area contributed by atoms with Crippen molar-refractivity contribution in [1.29, 1.82) is 0 Å². The molecule has 0 saturated heterocycles. The molecule has 1 N–H and O–H groups in total. The Labute approximate surface area is 171 Å². The Bertz CT molecular complexity index is 925. The van der Waals surface area contributed by atoms with Crippen LogP contribution in [-0.2, 0) is 9.53 Å². The number of furan rings is 1. The second-order valence-electron chi connectivity index (χ2n) is 7.30. The summed E-state index contributed by atoms with van der Waals surface area (Å²) in [6.07, 6.45) is 1.99. The van der Waals surface area contributed by atoms with E-state index in [1.807, 2.05) is 36.4 Å². The first kappa shape index (κ1) is 20.8. The fourth-order valence-corrected chi connectivity index (χ4v) is 3.16. The van der Waals surface area contributed by atoms with E-state index in [0.29, 0.717) is 43.6 Å². The zero-order chi connectivity index (χ0) is 20.6. The molecule has 0 aliphatic heterocycles. The molecular weight excluding hydrogens is 368 g/mol. The van der Waals surface area contributed by atoms with Crippen LogP contribution in [-0.4, -0.2) is 49.2 Å². The lowest BCUT2D eigenvalue weighted by atomic mass is 10.1. The van der Waals surface area contributed by atoms with Crippen molar-refractivity contribution in [2.45, 2.75) is 20.3 Å². The van der Waals surface area contributed by atoms with Gasteiger partial charge in [-0.2, -0.15) is 0 Å². The number of nitrogens with one attached hydrogen (secondary N) is 1. The molecule has 1 aromatic carbocycles. The van der Waals surface area contributed by atoms with Crippen molar-refractivity contribution in [3.63, 3.8) is 0 Å². The standard InChI is InChI=1S/C22H28N4O3/c1-16(2)15-26(12-10-20(27)23-11-14-28-3)22-17-7-4-5-8-18(17)24-21(25-22)19-9-6-13-29-19/h4-9,13,16H,10-12,14-15H2,1-3H3,(H,23,27). The summed E-state index contributed by atoms with van der Waals surface area (Å²) in [5.41, 5.74) is 0.849. The van der Waals surface area contributed by atoms with Crippen LogP contribution < -0.4 is 10.2 Å². The van der Waals surface area contributed by atoms with Crippen LogP contribution in [0.2, 0.25) is 0 Å². The van der Waals surface area contributed by atoms with Gasteiger partial charge in [0.05, 0.1) is 18.4 Å². The number of carbonyl (C=O) groups is 1. The highest BCUT2D eigenvalue weighted by Gasteiger charge is 2.18. The second kappa shape index (κ2) is 10.0. The molecule has 0 atom stereocenters. The van der Waals surface area contributed by atoms with Crippen LogP contribution in [0.1, 0.15) is 20.3 Å². The third kappa shape index (κ3) is 5.54. The fraction of sp³-hybridized carbons (Fsp3) is 0.409. The van der Waals surface area contributed by atoms with Gasteiger partial charge in [0.15, 0.2) is 11.6 Å². The molecule has 7 heteroatoms. The predicted molar refractivity (Wildman–Crippen MR) is 114 cm³/mol. The number of fused-ring (bicyclic) bond motifs is 1. The summed E-state index contributed by atoms with van der Waals surface area (Å²) in [6.45, 7) is 6.67. The highest BCUT2D eigenvalue weighted by atomic mass is 16.5. The van der Waals surface area contributed by atoms with E-state index in [0.717, 1.165) is 23.3 Å². The number of amides is 1. The zero-order valence-electron chi connectivity index (χ0n) is 17.2. The van der Waals surface area contributed by atoms with Crippen LogP contribution in [0.25, 0.3) is 22.5 Å². The number of hydrogen-bond donors (Lipinski definition) is 1. The van der Waals surface area contributed by atoms with Crippen molar-refractivity contribution in [3.8, 4) is 11.6 Å². The van der Waals surface area contributed by atoms with Crippen molar-refractivity contribution >= 4 is 22.6 Å². The minimum Gasteiger partial charge on any atom is -0.461 e. The van der Waals surface area contributed by atoms with Gasteiger partial charge in [0.25, 0.3) is 0 Å². The highest BCUT2D eigenvalue weighted by Crippen LogP contribution is 2.28. The molecule has 0 aliphatic rings. The van der Waals surface area contributed by atoms with E-state index in [-0.39, 0.29) is 5.91 Å². The van der Waals surface area contributed by atoms with Gasteiger partial charge in [-0.05, 0) is 30.2 Å². The first-order chi connectivity index (χ1) is 14.1. The number of benzene rings is 1. The Morgan fingerprint density at radius 3 is 2.76 bits per heavy atom. The maximum Gasteiger partial charge on any atom is 0.221 e. The van der Waals surface area contributed by atoms with Gasteiger partial charge in [0.2, 0.25) is 5.91 Å². The van der Waals surface area contributed by atoms with Crippen molar-refractivity contribution in [1.82, 2.24) is 15.3 Å². The molecule has 7 nitrogen and oxygen atoms in total. The van der Waals surface area contributed by atoms with Crippen LogP contribution in [0.3, 0.4) is 0 Å². The van der Waals surface area contributed by atoms with Crippen molar-refractivity contribution < 1.29 is 13.9 Å². The molecule has 29 heavy (non-hydrogen) atoms. The molecule has 1 amide bonds. The van der Waals surface area contributed by atoms with E-state index in [2.05, 4.69) is 29.0 Å². The molecule has 154 valence electrons. The largest absolute Gasteiger partial charge is 0.461 e. The highest BCUT2D eigenvalue weighted by molar-refractivity contribution is 5.91. The van der Waals surface area contributed by atoms with Gasteiger partial charge < -0.3 is 19.4 Å². The predicted octanol–water partition coefficient (Wildman–Crippen LogP) is 3.50. The molecule has 0 fully saturated rings. The molecule has 2 heterocycles. The average molecular weight is 396 g/mol. The summed E-state index contributed by atoms with van der Waals surface area (Å²) in [5.74, 6) is 2.40. The summed E-state index contributed by atoms with van der Waals surface area (Å²) in [5, 5.41) is 3.84. The Hall–Kier alpha value is -2.93. The lowest BCUT2D eigenvalue weighted by Gasteiger charge is -2.27. The van der Waals surface area contributed by atoms with Crippen molar-refractivity contribution in [2.75, 3.05) is 38.3 Å². The molecule has 0 bridgehead atoms. The number of hydrogen-bond acceptors (Lipinski definition) is 6. The third-order valence-corrected chi connectivity index (χ3v) is 4.45. The number of anilines is 1. The second-order valence-corrected chi connectivity index (χ2v) is 7.30. The number of para-hydroxylation sites is 1. The lowest BCUT2D eigenvalue weighted by molar-refractivity contribution is -0.121. The zero-order valence-corrected chi connectivity index (χ0v) is 17.2. The minimum atomic E-state index is 0.000394. The molecule has 2 aromatic heterocycles. The van der Waals surface area contributed by atoms with Crippen molar-refractivity contribution in [2.24, 2.45) is 5.92 Å². The summed E-state index contributed by atoms with van der Waals surface area (Å²) in [7, 11) is 1.62. The Morgan fingerprint density at radius 1 is 1.21 bits per heavy atom. The molecule has 0 radical (unpaired) electrons. The van der Waals surface area contributed by atoms with Gasteiger partial charge in [0.1, 0.15) is 5.82 Å². The van der Waals surface area contributed by atoms with E-state index < -0.39 is 0 Å². The van der Waals surface area contributed by atoms with Crippen LogP contribution in [0.4, 0.5) is 5.82 Å². The third-order valence-electron chi connectivity index (χ3n) is 4.45. The number of nitrogens with zero attached hydrogens (tertiary/aromatic N) is 3. The summed E-state index contributed by atoms with van der Waals surface area (Å²) in [6, 6.07) is 11.6. The molecule has 0 unspecified atom stereocenters. The Balaban J connectivity index is 1.91. The number of carbonyl (C=O) groups excluding carboxylic acids is 1. The van der Waals surface area contributed by atoms with Gasteiger partial charge in [0, 0.05) is 38.6 Å². The quantitative estimate of drug-likeness (QED) is 0.528. The molecule has 0 spiro atoms. The Kier molecular flexibility index (Phi) is 7.19. The number of aromatic nitrogens is 2. The summed E-state index contributed by atoms with van der Waals surface area (Å²) >= 11 is 0. The van der Waals surface area contributed by atoms with Crippen LogP contribution in [0.5, 0.6) is 0 Å². The van der Waals surface area contributed by atoms with Gasteiger partial charge >= 0.3 is 0 Å². The smallest absolute Gasteiger partial charge is 0.221 e. The Morgan fingerprint density at radius 2 is 2.03 bits per heavy atom. The van der Waals surface area contributed by atoms with Gasteiger partial charge in [-0.3, -0.25) is 4.79 Å². The van der Waals surface area contributed by atoms with E-state index in [1.165, 1.54) is 0 Å². The number of ether oxygens (including phenoxy) is 1.